The number of ether oxygens (including phenoxy) is 2. The summed E-state index contributed by atoms with van der Waals surface area (Å²) in [6, 6.07) is 0. The topological polar surface area (TPSA) is 18.5 Å². The van der Waals surface area contributed by atoms with Gasteiger partial charge in [-0.1, -0.05) is 13.2 Å². The molecule has 0 aromatic heterocycles. The lowest BCUT2D eigenvalue weighted by Gasteiger charge is -2.17. The molecule has 1 saturated heterocycles. The zero-order valence-corrected chi connectivity index (χ0v) is 4.64. The van der Waals surface area contributed by atoms with Crippen molar-refractivity contribution in [2.75, 3.05) is 13.2 Å². The minimum atomic E-state index is 0.457. The van der Waals surface area contributed by atoms with Crippen LogP contribution in [0.3, 0.4) is 0 Å². The van der Waals surface area contributed by atoms with Gasteiger partial charge in [0.15, 0.2) is 0 Å². The molecule has 1 heterocycles. The van der Waals surface area contributed by atoms with Crippen LogP contribution in [0.4, 0.5) is 0 Å². The van der Waals surface area contributed by atoms with Crippen molar-refractivity contribution < 1.29 is 9.47 Å². The van der Waals surface area contributed by atoms with Crippen LogP contribution in [0.15, 0.2) is 24.7 Å². The van der Waals surface area contributed by atoms with Crippen LogP contribution in [0.25, 0.3) is 0 Å². The SMILES string of the molecule is C=C1COC(=C)CO1. The molecule has 0 amide bonds. The normalized spacial score (nSPS) is 19.5. The lowest BCUT2D eigenvalue weighted by atomic mass is 10.5. The van der Waals surface area contributed by atoms with E-state index in [1.54, 1.807) is 0 Å². The predicted molar refractivity (Wildman–Crippen MR) is 30.2 cm³/mol. The van der Waals surface area contributed by atoms with E-state index in [-0.39, 0.29) is 0 Å². The smallest absolute Gasteiger partial charge is 0.144 e. The average Bonchev–Trinajstić information content (AvgIpc) is 1.77. The third-order valence-corrected chi connectivity index (χ3v) is 0.875. The molecule has 0 N–H and O–H groups in total. The fourth-order valence-electron chi connectivity index (χ4n) is 0.448. The second-order valence-electron chi connectivity index (χ2n) is 1.65. The quantitative estimate of drug-likeness (QED) is 0.466. The molecule has 0 atom stereocenters. The molecule has 2 nitrogen and oxygen atoms in total. The average molecular weight is 112 g/mol. The van der Waals surface area contributed by atoms with Crippen LogP contribution >= 0.6 is 0 Å². The van der Waals surface area contributed by atoms with Crippen LogP contribution in [-0.2, 0) is 9.47 Å². The van der Waals surface area contributed by atoms with E-state index in [9.17, 15) is 0 Å². The van der Waals surface area contributed by atoms with Gasteiger partial charge in [0, 0.05) is 0 Å². The Hall–Kier alpha value is -0.920. The lowest BCUT2D eigenvalue weighted by Crippen LogP contribution is -2.11. The van der Waals surface area contributed by atoms with Gasteiger partial charge in [-0.2, -0.15) is 0 Å². The molecule has 0 aromatic carbocycles. The first kappa shape index (κ1) is 5.22. The van der Waals surface area contributed by atoms with Crippen molar-refractivity contribution in [3.63, 3.8) is 0 Å². The molecule has 1 rings (SSSR count). The predicted octanol–water partition coefficient (Wildman–Crippen LogP) is 1.06. The maximum absolute atomic E-state index is 4.97. The Morgan fingerprint density at radius 2 is 1.38 bits per heavy atom. The Morgan fingerprint density at radius 3 is 1.62 bits per heavy atom. The molecule has 8 heavy (non-hydrogen) atoms. The van der Waals surface area contributed by atoms with Gasteiger partial charge in [0.1, 0.15) is 24.7 Å². The molecule has 0 aromatic rings. The van der Waals surface area contributed by atoms with Crippen LogP contribution in [0.2, 0.25) is 0 Å². The van der Waals surface area contributed by atoms with Crippen LogP contribution in [0.5, 0.6) is 0 Å². The molecule has 0 unspecified atom stereocenters. The molecule has 0 aliphatic carbocycles. The molecule has 0 bridgehead atoms. The summed E-state index contributed by atoms with van der Waals surface area (Å²) in [6.45, 7) is 8.03. The summed E-state index contributed by atoms with van der Waals surface area (Å²) in [7, 11) is 0. The maximum Gasteiger partial charge on any atom is 0.144 e. The summed E-state index contributed by atoms with van der Waals surface area (Å²) in [4.78, 5) is 0. The Balaban J connectivity index is 2.40. The van der Waals surface area contributed by atoms with Crippen molar-refractivity contribution in [1.29, 1.82) is 0 Å². The van der Waals surface area contributed by atoms with Gasteiger partial charge in [-0.05, 0) is 0 Å². The van der Waals surface area contributed by atoms with Crippen molar-refractivity contribution in [2.45, 2.75) is 0 Å². The van der Waals surface area contributed by atoms with Crippen molar-refractivity contribution in [2.24, 2.45) is 0 Å². The highest BCUT2D eigenvalue weighted by atomic mass is 16.6. The summed E-state index contributed by atoms with van der Waals surface area (Å²) >= 11 is 0. The largest absolute Gasteiger partial charge is 0.487 e. The van der Waals surface area contributed by atoms with E-state index in [1.165, 1.54) is 0 Å². The summed E-state index contributed by atoms with van der Waals surface area (Å²) < 4.78 is 9.94. The minimum Gasteiger partial charge on any atom is -0.487 e. The van der Waals surface area contributed by atoms with E-state index in [2.05, 4.69) is 13.2 Å². The standard InChI is InChI=1S/C6H8O2/c1-5-3-8-6(2)4-7-5/h1-4H2. The second-order valence-corrected chi connectivity index (χ2v) is 1.65. The fraction of sp³-hybridized carbons (Fsp3) is 0.333. The van der Waals surface area contributed by atoms with Gasteiger partial charge in [-0.15, -0.1) is 0 Å². The van der Waals surface area contributed by atoms with Crippen LogP contribution in [-0.4, -0.2) is 13.2 Å². The summed E-state index contributed by atoms with van der Waals surface area (Å²) in [5, 5.41) is 0. The van der Waals surface area contributed by atoms with Crippen molar-refractivity contribution >= 4 is 0 Å². The number of hydrogen-bond acceptors (Lipinski definition) is 2. The van der Waals surface area contributed by atoms with E-state index in [0.717, 1.165) is 0 Å². The van der Waals surface area contributed by atoms with Crippen molar-refractivity contribution in [1.82, 2.24) is 0 Å². The van der Waals surface area contributed by atoms with Crippen molar-refractivity contribution in [3.05, 3.63) is 24.7 Å². The molecule has 0 saturated carbocycles. The highest BCUT2D eigenvalue weighted by molar-refractivity contribution is 4.95. The molecule has 1 fully saturated rings. The first-order valence-electron chi connectivity index (χ1n) is 2.40. The van der Waals surface area contributed by atoms with Crippen LogP contribution in [0, 0.1) is 0 Å². The van der Waals surface area contributed by atoms with E-state index in [0.29, 0.717) is 24.7 Å². The first-order chi connectivity index (χ1) is 3.79. The van der Waals surface area contributed by atoms with E-state index in [1.807, 2.05) is 0 Å². The Labute approximate surface area is 48.4 Å². The lowest BCUT2D eigenvalue weighted by molar-refractivity contribution is 0.0695. The highest BCUT2D eigenvalue weighted by Gasteiger charge is 2.05. The zero-order chi connectivity index (χ0) is 5.98. The summed E-state index contributed by atoms with van der Waals surface area (Å²) in [5.41, 5.74) is 0. The van der Waals surface area contributed by atoms with E-state index in [4.69, 9.17) is 9.47 Å². The number of rotatable bonds is 0. The van der Waals surface area contributed by atoms with Gasteiger partial charge < -0.3 is 9.47 Å². The van der Waals surface area contributed by atoms with Crippen LogP contribution in [0.1, 0.15) is 0 Å². The van der Waals surface area contributed by atoms with Crippen LogP contribution < -0.4 is 0 Å². The fourth-order valence-corrected chi connectivity index (χ4v) is 0.448. The minimum absolute atomic E-state index is 0.457. The van der Waals surface area contributed by atoms with E-state index >= 15 is 0 Å². The van der Waals surface area contributed by atoms with Gasteiger partial charge >= 0.3 is 0 Å². The molecule has 1 aliphatic heterocycles. The molecule has 0 radical (unpaired) electrons. The Morgan fingerprint density at radius 1 is 1.00 bits per heavy atom. The molecule has 2 heteroatoms. The molecular formula is C6H8O2. The Bertz CT molecular complexity index is 98.5. The van der Waals surface area contributed by atoms with E-state index < -0.39 is 0 Å². The highest BCUT2D eigenvalue weighted by Crippen LogP contribution is 2.08. The van der Waals surface area contributed by atoms with Gasteiger partial charge in [-0.25, -0.2) is 0 Å². The number of hydrogen-bond donors (Lipinski definition) is 0. The first-order valence-corrected chi connectivity index (χ1v) is 2.40. The third kappa shape index (κ3) is 1.03. The summed E-state index contributed by atoms with van der Waals surface area (Å²) in [6.07, 6.45) is 0. The molecule has 44 valence electrons. The maximum atomic E-state index is 4.97. The van der Waals surface area contributed by atoms with Gasteiger partial charge in [-0.3, -0.25) is 0 Å². The summed E-state index contributed by atoms with van der Waals surface area (Å²) in [5.74, 6) is 1.36. The second kappa shape index (κ2) is 1.90. The Kier molecular flexibility index (Phi) is 1.24. The van der Waals surface area contributed by atoms with Gasteiger partial charge in [0.2, 0.25) is 0 Å². The molecule has 1 aliphatic rings. The van der Waals surface area contributed by atoms with Gasteiger partial charge in [0.05, 0.1) is 0 Å². The molecule has 0 spiro atoms. The van der Waals surface area contributed by atoms with Crippen molar-refractivity contribution in [3.8, 4) is 0 Å². The monoisotopic (exact) mass is 112 g/mol. The third-order valence-electron chi connectivity index (χ3n) is 0.875. The van der Waals surface area contributed by atoms with Gasteiger partial charge in [0.25, 0.3) is 0 Å². The molecular weight excluding hydrogens is 104 g/mol. The zero-order valence-electron chi connectivity index (χ0n) is 4.64.